The Labute approximate surface area is 419 Å². The van der Waals surface area contributed by atoms with Crippen LogP contribution in [-0.2, 0) is 46.3 Å². The smallest absolute Gasteiger partial charge is 0.462 e. The van der Waals surface area contributed by atoms with E-state index in [-0.39, 0.29) is 18.7 Å². The minimum atomic E-state index is -5.42. The van der Waals surface area contributed by atoms with Crippen molar-refractivity contribution in [2.24, 2.45) is 11.8 Å². The highest BCUT2D eigenvalue weighted by Gasteiger charge is 2.46. The second-order valence-electron chi connectivity index (χ2n) is 19.8. The molecular weight excluding hydrogens is 945 g/mol. The number of ether oxygens (including phenoxy) is 3. The SMILES string of the molecule is CCC(C)CCCCCCCCCCCCC(=O)O[C@H](COC(=O)CCCCCCCCCCCCCCCCCC(C)C)COP(=O)(O)OP(=O)(O)OC[C@H]1O[C@@H](n2ccc(N)nc2=O)C(O)[C@H]1O. The molecule has 2 rings (SSSR count). The van der Waals surface area contributed by atoms with E-state index in [0.717, 1.165) is 67.8 Å². The van der Waals surface area contributed by atoms with E-state index in [1.165, 1.54) is 128 Å². The Morgan fingerprint density at radius 1 is 0.686 bits per heavy atom. The van der Waals surface area contributed by atoms with Crippen LogP contribution in [0.15, 0.2) is 17.1 Å². The summed E-state index contributed by atoms with van der Waals surface area (Å²) in [6.45, 7) is 6.84. The number of phosphoric ester groups is 2. The summed E-state index contributed by atoms with van der Waals surface area (Å²) in [7, 11) is -10.8. The minimum absolute atomic E-state index is 0.0560. The molecule has 0 aliphatic carbocycles. The van der Waals surface area contributed by atoms with E-state index < -0.39 is 83.7 Å². The molecule has 0 spiro atoms. The van der Waals surface area contributed by atoms with Gasteiger partial charge in [0, 0.05) is 19.0 Å². The number of phosphoric acid groups is 2. The zero-order chi connectivity index (χ0) is 51.6. The molecule has 70 heavy (non-hydrogen) atoms. The topological polar surface area (TPSA) is 265 Å². The fraction of sp³-hybridized carbons (Fsp3) is 0.880. The number of esters is 2. The number of anilines is 1. The van der Waals surface area contributed by atoms with E-state index in [2.05, 4.69) is 37.0 Å². The summed E-state index contributed by atoms with van der Waals surface area (Å²) in [5, 5.41) is 20.9. The number of unbranched alkanes of at least 4 members (excludes halogenated alkanes) is 23. The summed E-state index contributed by atoms with van der Waals surface area (Å²) in [6, 6.07) is 1.25. The molecule has 20 heteroatoms. The van der Waals surface area contributed by atoms with E-state index in [1.807, 2.05) is 0 Å². The lowest BCUT2D eigenvalue weighted by atomic mass is 9.99. The standard InChI is InChI=1S/C50H93N3O15P2/c1-5-41(4)32-28-24-20-16-13-14-18-22-26-30-34-46(55)66-42(37-63-45(54)33-29-25-21-17-12-10-8-6-7-9-11-15-19-23-27-31-40(2)3)38-64-69(59,60)68-70(61,62)65-39-43-47(56)48(57)49(67-43)53-36-35-44(51)52-50(53)58/h35-36,40-43,47-49,56-57H,5-34,37-39H2,1-4H3,(H,59,60)(H,61,62)(H2,51,52,58)/t41?,42-,43-,47+,48?,49-/m1/s1. The molecule has 408 valence electrons. The summed E-state index contributed by atoms with van der Waals surface area (Å²) < 4.78 is 56.9. The lowest BCUT2D eigenvalue weighted by molar-refractivity contribution is -0.161. The zero-order valence-electron chi connectivity index (χ0n) is 43.2. The molecule has 1 fully saturated rings. The van der Waals surface area contributed by atoms with Gasteiger partial charge in [0.15, 0.2) is 12.3 Å². The lowest BCUT2D eigenvalue weighted by Gasteiger charge is -2.21. The number of aliphatic hydroxyl groups is 2. The van der Waals surface area contributed by atoms with Crippen LogP contribution in [0.1, 0.15) is 227 Å². The number of nitrogens with two attached hydrogens (primary N) is 1. The Bertz CT molecular complexity index is 1700. The average molecular weight is 1040 g/mol. The van der Waals surface area contributed by atoms with Crippen molar-refractivity contribution in [2.45, 2.75) is 251 Å². The van der Waals surface area contributed by atoms with Gasteiger partial charge in [0.25, 0.3) is 0 Å². The van der Waals surface area contributed by atoms with Crippen LogP contribution < -0.4 is 11.4 Å². The lowest BCUT2D eigenvalue weighted by Crippen LogP contribution is -2.36. The van der Waals surface area contributed by atoms with E-state index in [4.69, 9.17) is 29.0 Å². The number of hydrogen-bond donors (Lipinski definition) is 5. The summed E-state index contributed by atoms with van der Waals surface area (Å²) >= 11 is 0. The van der Waals surface area contributed by atoms with Gasteiger partial charge < -0.3 is 39.9 Å². The maximum absolute atomic E-state index is 12.9. The summed E-state index contributed by atoms with van der Waals surface area (Å²) in [6.07, 6.45) is 26.1. The summed E-state index contributed by atoms with van der Waals surface area (Å²) in [4.78, 5) is 62.0. The number of carbonyl (C=O) groups is 2. The van der Waals surface area contributed by atoms with Crippen molar-refractivity contribution >= 4 is 33.4 Å². The minimum Gasteiger partial charge on any atom is -0.462 e. The van der Waals surface area contributed by atoms with Gasteiger partial charge in [-0.1, -0.05) is 195 Å². The first-order chi connectivity index (χ1) is 33.4. The molecule has 1 aromatic rings. The van der Waals surface area contributed by atoms with E-state index in [1.54, 1.807) is 0 Å². The molecule has 18 nitrogen and oxygen atoms in total. The van der Waals surface area contributed by atoms with Gasteiger partial charge in [0.1, 0.15) is 30.7 Å². The first-order valence-corrected chi connectivity index (χ1v) is 29.8. The summed E-state index contributed by atoms with van der Waals surface area (Å²) in [5.74, 6) is 0.328. The molecular formula is C50H93N3O15P2. The quantitative estimate of drug-likeness (QED) is 0.0231. The molecule has 4 unspecified atom stereocenters. The molecule has 8 atom stereocenters. The van der Waals surface area contributed by atoms with Crippen LogP contribution in [0.2, 0.25) is 0 Å². The van der Waals surface area contributed by atoms with Crippen molar-refractivity contribution in [3.05, 3.63) is 22.7 Å². The van der Waals surface area contributed by atoms with Gasteiger partial charge in [0.2, 0.25) is 0 Å². The average Bonchev–Trinajstić information content (AvgIpc) is 3.58. The molecule has 0 aromatic carbocycles. The summed E-state index contributed by atoms with van der Waals surface area (Å²) in [5.41, 5.74) is 4.60. The van der Waals surface area contributed by atoms with Crippen molar-refractivity contribution in [2.75, 3.05) is 25.6 Å². The largest absolute Gasteiger partial charge is 0.481 e. The van der Waals surface area contributed by atoms with Crippen LogP contribution in [0.4, 0.5) is 5.82 Å². The van der Waals surface area contributed by atoms with Gasteiger partial charge in [-0.15, -0.1) is 0 Å². The van der Waals surface area contributed by atoms with Gasteiger partial charge >= 0.3 is 33.3 Å². The third-order valence-corrected chi connectivity index (χ3v) is 15.5. The monoisotopic (exact) mass is 1040 g/mol. The number of nitrogen functional groups attached to an aromatic ring is 1. The number of aromatic nitrogens is 2. The number of carbonyl (C=O) groups excluding carboxylic acids is 2. The van der Waals surface area contributed by atoms with Gasteiger partial charge in [-0.05, 0) is 30.7 Å². The van der Waals surface area contributed by atoms with Crippen LogP contribution in [0, 0.1) is 11.8 Å². The van der Waals surface area contributed by atoms with E-state index in [9.17, 15) is 43.5 Å². The Morgan fingerprint density at radius 3 is 1.63 bits per heavy atom. The Balaban J connectivity index is 1.77. The number of hydrogen-bond acceptors (Lipinski definition) is 15. The molecule has 1 saturated heterocycles. The predicted molar refractivity (Wildman–Crippen MR) is 270 cm³/mol. The maximum atomic E-state index is 12.9. The Kier molecular flexibility index (Phi) is 34.2. The number of nitrogens with zero attached hydrogens (tertiary/aromatic N) is 2. The molecule has 0 amide bonds. The molecule has 6 N–H and O–H groups in total. The van der Waals surface area contributed by atoms with Crippen molar-refractivity contribution in [3.8, 4) is 0 Å². The highest BCUT2D eigenvalue weighted by atomic mass is 31.3. The molecule has 1 aromatic heterocycles. The van der Waals surface area contributed by atoms with Crippen LogP contribution in [0.5, 0.6) is 0 Å². The molecule has 2 heterocycles. The molecule has 1 aliphatic rings. The van der Waals surface area contributed by atoms with Gasteiger partial charge in [-0.3, -0.25) is 23.2 Å². The van der Waals surface area contributed by atoms with Crippen molar-refractivity contribution in [1.82, 2.24) is 9.55 Å². The molecule has 0 radical (unpaired) electrons. The fourth-order valence-electron chi connectivity index (χ4n) is 8.36. The normalized spacial score (nSPS) is 19.7. The van der Waals surface area contributed by atoms with Gasteiger partial charge in [-0.25, -0.2) is 13.9 Å². The van der Waals surface area contributed by atoms with Crippen molar-refractivity contribution in [3.63, 3.8) is 0 Å². The predicted octanol–water partition coefficient (Wildman–Crippen LogP) is 11.2. The van der Waals surface area contributed by atoms with E-state index >= 15 is 0 Å². The molecule has 1 aliphatic heterocycles. The fourth-order valence-corrected chi connectivity index (χ4v) is 10.5. The van der Waals surface area contributed by atoms with Crippen LogP contribution in [0.25, 0.3) is 0 Å². The van der Waals surface area contributed by atoms with Gasteiger partial charge in [-0.2, -0.15) is 9.29 Å². The van der Waals surface area contributed by atoms with Crippen molar-refractivity contribution in [1.29, 1.82) is 0 Å². The molecule has 0 saturated carbocycles. The zero-order valence-corrected chi connectivity index (χ0v) is 45.0. The first-order valence-electron chi connectivity index (χ1n) is 26.8. The van der Waals surface area contributed by atoms with Crippen LogP contribution >= 0.6 is 15.6 Å². The number of aliphatic hydroxyl groups excluding tert-OH is 2. The second-order valence-corrected chi connectivity index (χ2v) is 22.9. The molecule has 0 bridgehead atoms. The third-order valence-electron chi connectivity index (χ3n) is 12.9. The van der Waals surface area contributed by atoms with Crippen LogP contribution in [-0.4, -0.2) is 85.7 Å². The highest BCUT2D eigenvalue weighted by molar-refractivity contribution is 7.61. The third kappa shape index (κ3) is 30.7. The first kappa shape index (κ1) is 63.9. The Hall–Kier alpha value is -2.24. The van der Waals surface area contributed by atoms with Crippen molar-refractivity contribution < 1.29 is 66.3 Å². The number of rotatable bonds is 44. The Morgan fingerprint density at radius 2 is 1.14 bits per heavy atom. The van der Waals surface area contributed by atoms with Gasteiger partial charge in [0.05, 0.1) is 13.2 Å². The highest BCUT2D eigenvalue weighted by Crippen LogP contribution is 2.60. The van der Waals surface area contributed by atoms with E-state index in [0.29, 0.717) is 12.8 Å². The second kappa shape index (κ2) is 37.5. The van der Waals surface area contributed by atoms with Crippen LogP contribution in [0.3, 0.4) is 0 Å². The maximum Gasteiger partial charge on any atom is 0.481 e.